The molecule has 86 valence electrons. The van der Waals surface area contributed by atoms with Gasteiger partial charge >= 0.3 is 7.12 Å². The lowest BCUT2D eigenvalue weighted by Crippen LogP contribution is -2.29. The molecule has 0 bridgehead atoms. The van der Waals surface area contributed by atoms with Crippen molar-refractivity contribution < 1.29 is 14.5 Å². The summed E-state index contributed by atoms with van der Waals surface area (Å²) in [6.07, 6.45) is 0. The Morgan fingerprint density at radius 2 is 1.67 bits per heavy atom. The Kier molecular flexibility index (Phi) is 2.34. The van der Waals surface area contributed by atoms with Crippen LogP contribution in [0.3, 0.4) is 0 Å². The number of benzene rings is 2. The van der Waals surface area contributed by atoms with Gasteiger partial charge in [0.2, 0.25) is 0 Å². The summed E-state index contributed by atoms with van der Waals surface area (Å²) < 4.78 is 5.61. The predicted molar refractivity (Wildman–Crippen MR) is 68.3 cm³/mol. The molecular formula is C13H8BNO3. The number of fused-ring (bicyclic) bond motifs is 3. The molecule has 1 heterocycles. The van der Waals surface area contributed by atoms with E-state index < -0.39 is 7.12 Å². The van der Waals surface area contributed by atoms with Gasteiger partial charge in [-0.25, -0.2) is 0 Å². The zero-order valence-electron chi connectivity index (χ0n) is 9.29. The Labute approximate surface area is 103 Å². The monoisotopic (exact) mass is 237 g/mol. The van der Waals surface area contributed by atoms with Crippen molar-refractivity contribution in [3.63, 3.8) is 0 Å². The molecule has 3 rings (SSSR count). The number of hydrogen-bond donors (Lipinski definition) is 2. The Morgan fingerprint density at radius 1 is 1.00 bits per heavy atom. The van der Waals surface area contributed by atoms with Crippen molar-refractivity contribution in [3.8, 4) is 6.07 Å². The zero-order chi connectivity index (χ0) is 12.7. The maximum atomic E-state index is 9.17. The highest BCUT2D eigenvalue weighted by Crippen LogP contribution is 2.28. The summed E-state index contributed by atoms with van der Waals surface area (Å²) >= 11 is 0. The first-order chi connectivity index (χ1) is 8.69. The van der Waals surface area contributed by atoms with Crippen molar-refractivity contribution in [2.24, 2.45) is 0 Å². The first-order valence-electron chi connectivity index (χ1n) is 5.41. The second-order valence-corrected chi connectivity index (χ2v) is 4.05. The normalized spacial score (nSPS) is 10.7. The molecule has 4 nitrogen and oxygen atoms in total. The molecule has 0 saturated heterocycles. The quantitative estimate of drug-likeness (QED) is 0.622. The van der Waals surface area contributed by atoms with Crippen LogP contribution in [0.15, 0.2) is 40.8 Å². The molecule has 18 heavy (non-hydrogen) atoms. The van der Waals surface area contributed by atoms with E-state index in [4.69, 9.17) is 19.7 Å². The van der Waals surface area contributed by atoms with Crippen molar-refractivity contribution in [2.45, 2.75) is 0 Å². The molecule has 0 aliphatic heterocycles. The van der Waals surface area contributed by atoms with Gasteiger partial charge in [0, 0.05) is 10.8 Å². The van der Waals surface area contributed by atoms with E-state index in [0.29, 0.717) is 22.2 Å². The molecule has 1 aromatic heterocycles. The summed E-state index contributed by atoms with van der Waals surface area (Å²) in [6.45, 7) is 0. The summed E-state index contributed by atoms with van der Waals surface area (Å²) in [6, 6.07) is 12.2. The summed E-state index contributed by atoms with van der Waals surface area (Å²) in [7, 11) is -1.52. The third-order valence-electron chi connectivity index (χ3n) is 2.92. The third-order valence-corrected chi connectivity index (χ3v) is 2.92. The first-order valence-corrected chi connectivity index (χ1v) is 5.41. The molecule has 0 saturated carbocycles. The van der Waals surface area contributed by atoms with Crippen LogP contribution >= 0.6 is 0 Å². The summed E-state index contributed by atoms with van der Waals surface area (Å²) in [5, 5.41) is 28.8. The van der Waals surface area contributed by atoms with Crippen molar-refractivity contribution in [1.82, 2.24) is 0 Å². The Hall–Kier alpha value is -2.29. The lowest BCUT2D eigenvalue weighted by Gasteiger charge is -1.98. The molecule has 0 unspecified atom stereocenters. The van der Waals surface area contributed by atoms with Crippen molar-refractivity contribution in [1.29, 1.82) is 5.26 Å². The van der Waals surface area contributed by atoms with E-state index in [1.807, 2.05) is 0 Å². The highest BCUT2D eigenvalue weighted by Gasteiger charge is 2.14. The second-order valence-electron chi connectivity index (χ2n) is 4.05. The minimum absolute atomic E-state index is 0.396. The first kappa shape index (κ1) is 10.8. The number of furan rings is 1. The molecule has 0 amide bonds. The lowest BCUT2D eigenvalue weighted by molar-refractivity contribution is 0.426. The minimum atomic E-state index is -1.52. The van der Waals surface area contributed by atoms with Gasteiger partial charge in [0.1, 0.15) is 11.2 Å². The van der Waals surface area contributed by atoms with Gasteiger partial charge in [-0.3, -0.25) is 0 Å². The molecule has 0 spiro atoms. The maximum absolute atomic E-state index is 9.17. The highest BCUT2D eigenvalue weighted by molar-refractivity contribution is 6.59. The molecule has 0 atom stereocenters. The van der Waals surface area contributed by atoms with Crippen LogP contribution in [-0.4, -0.2) is 17.2 Å². The Morgan fingerprint density at radius 3 is 2.33 bits per heavy atom. The maximum Gasteiger partial charge on any atom is 0.488 e. The van der Waals surface area contributed by atoms with Crippen LogP contribution in [0.5, 0.6) is 0 Å². The average Bonchev–Trinajstić information content (AvgIpc) is 2.75. The van der Waals surface area contributed by atoms with Gasteiger partial charge in [-0.2, -0.15) is 5.26 Å². The number of nitrogens with zero attached hydrogens (tertiary/aromatic N) is 1. The molecule has 2 N–H and O–H groups in total. The van der Waals surface area contributed by atoms with Gasteiger partial charge in [0.25, 0.3) is 0 Å². The van der Waals surface area contributed by atoms with Crippen molar-refractivity contribution in [3.05, 3.63) is 42.0 Å². The summed E-state index contributed by atoms with van der Waals surface area (Å²) in [4.78, 5) is 0. The highest BCUT2D eigenvalue weighted by atomic mass is 16.4. The second kappa shape index (κ2) is 3.88. The van der Waals surface area contributed by atoms with Crippen LogP contribution in [0.4, 0.5) is 0 Å². The standard InChI is InChI=1S/C13H8BNO3/c15-7-8-1-3-12-10(5-8)11-6-9(14(16)17)2-4-13(11)18-12/h1-6,16-17H. The van der Waals surface area contributed by atoms with Crippen LogP contribution < -0.4 is 5.46 Å². The zero-order valence-corrected chi connectivity index (χ0v) is 9.29. The van der Waals surface area contributed by atoms with E-state index in [-0.39, 0.29) is 0 Å². The van der Waals surface area contributed by atoms with E-state index >= 15 is 0 Å². The van der Waals surface area contributed by atoms with Crippen molar-refractivity contribution >= 4 is 34.5 Å². The average molecular weight is 237 g/mol. The third kappa shape index (κ3) is 1.56. The Balaban J connectivity index is 2.38. The van der Waals surface area contributed by atoms with E-state index in [2.05, 4.69) is 6.07 Å². The predicted octanol–water partition coefficient (Wildman–Crippen LogP) is 1.14. The topological polar surface area (TPSA) is 77.4 Å². The fourth-order valence-corrected chi connectivity index (χ4v) is 2.03. The summed E-state index contributed by atoms with van der Waals surface area (Å²) in [5.74, 6) is 0. The van der Waals surface area contributed by atoms with Gasteiger partial charge in [0.05, 0.1) is 11.6 Å². The van der Waals surface area contributed by atoms with Crippen LogP contribution in [0.1, 0.15) is 5.56 Å². The smallest absolute Gasteiger partial charge is 0.456 e. The van der Waals surface area contributed by atoms with Gasteiger partial charge in [0.15, 0.2) is 0 Å². The number of rotatable bonds is 1. The fraction of sp³-hybridized carbons (Fsp3) is 0. The SMILES string of the molecule is N#Cc1ccc2oc3ccc(B(O)O)cc3c2c1. The van der Waals surface area contributed by atoms with Crippen LogP contribution in [0, 0.1) is 11.3 Å². The Bertz CT molecular complexity index is 786. The van der Waals surface area contributed by atoms with Gasteiger partial charge < -0.3 is 14.5 Å². The minimum Gasteiger partial charge on any atom is -0.456 e. The van der Waals surface area contributed by atoms with Gasteiger partial charge in [-0.05, 0) is 29.7 Å². The van der Waals surface area contributed by atoms with Crippen molar-refractivity contribution in [2.75, 3.05) is 0 Å². The molecule has 0 aliphatic carbocycles. The van der Waals surface area contributed by atoms with Crippen LogP contribution in [-0.2, 0) is 0 Å². The van der Waals surface area contributed by atoms with Gasteiger partial charge in [-0.15, -0.1) is 0 Å². The molecule has 2 aromatic carbocycles. The molecule has 0 radical (unpaired) electrons. The molecule has 5 heteroatoms. The van der Waals surface area contributed by atoms with Crippen LogP contribution in [0.2, 0.25) is 0 Å². The molecular weight excluding hydrogens is 229 g/mol. The number of nitriles is 1. The van der Waals surface area contributed by atoms with E-state index in [1.165, 1.54) is 0 Å². The molecule has 0 fully saturated rings. The van der Waals surface area contributed by atoms with E-state index in [9.17, 15) is 0 Å². The largest absolute Gasteiger partial charge is 0.488 e. The van der Waals surface area contributed by atoms with E-state index in [1.54, 1.807) is 36.4 Å². The summed E-state index contributed by atoms with van der Waals surface area (Å²) in [5.41, 5.74) is 2.27. The molecule has 0 aliphatic rings. The van der Waals surface area contributed by atoms with Gasteiger partial charge in [-0.1, -0.05) is 12.1 Å². The lowest BCUT2D eigenvalue weighted by atomic mass is 9.80. The van der Waals surface area contributed by atoms with E-state index in [0.717, 1.165) is 10.8 Å². The number of hydrogen-bond acceptors (Lipinski definition) is 4. The van der Waals surface area contributed by atoms with Crippen LogP contribution in [0.25, 0.3) is 21.9 Å². The fourth-order valence-electron chi connectivity index (χ4n) is 2.03. The molecule has 3 aromatic rings.